The minimum Gasteiger partial charge on any atom is -0.471 e. The van der Waals surface area contributed by atoms with Crippen molar-refractivity contribution in [1.29, 1.82) is 0 Å². The van der Waals surface area contributed by atoms with E-state index in [1.165, 1.54) is 0 Å². The molecule has 1 aromatic carbocycles. The van der Waals surface area contributed by atoms with Gasteiger partial charge in [-0.05, 0) is 43.7 Å². The van der Waals surface area contributed by atoms with Crippen LogP contribution >= 0.6 is 11.6 Å². The maximum absolute atomic E-state index is 11.6. The van der Waals surface area contributed by atoms with E-state index in [4.69, 9.17) is 16.3 Å². The molecule has 6 heteroatoms. The molecule has 0 aliphatic rings. The second-order valence-corrected chi connectivity index (χ2v) is 4.72. The van der Waals surface area contributed by atoms with Gasteiger partial charge in [-0.2, -0.15) is 5.10 Å². The Bertz CT molecular complexity index is 610. The first kappa shape index (κ1) is 14.4. The fraction of sp³-hybridized carbons (Fsp3) is 0.286. The van der Waals surface area contributed by atoms with Crippen LogP contribution in [-0.2, 0) is 6.73 Å². The van der Waals surface area contributed by atoms with E-state index in [0.29, 0.717) is 17.3 Å². The number of carbonyl (C=O) groups excluding carboxylic acids is 1. The van der Waals surface area contributed by atoms with E-state index >= 15 is 0 Å². The number of halogens is 1. The van der Waals surface area contributed by atoms with E-state index in [-0.39, 0.29) is 12.6 Å². The predicted molar refractivity (Wildman–Crippen MR) is 77.1 cm³/mol. The van der Waals surface area contributed by atoms with E-state index in [0.717, 1.165) is 11.3 Å². The van der Waals surface area contributed by atoms with E-state index in [1.54, 1.807) is 23.0 Å². The quantitative estimate of drug-likeness (QED) is 0.922. The molecule has 1 amide bonds. The molecule has 2 rings (SSSR count). The van der Waals surface area contributed by atoms with Gasteiger partial charge in [0.1, 0.15) is 11.4 Å². The van der Waals surface area contributed by atoms with Gasteiger partial charge in [-0.25, -0.2) is 4.68 Å². The number of aryl methyl sites for hydroxylation is 1. The van der Waals surface area contributed by atoms with Gasteiger partial charge in [-0.1, -0.05) is 11.6 Å². The Morgan fingerprint density at radius 3 is 2.95 bits per heavy atom. The van der Waals surface area contributed by atoms with Gasteiger partial charge in [0.25, 0.3) is 5.91 Å². The van der Waals surface area contributed by atoms with Crippen LogP contribution in [0.25, 0.3) is 0 Å². The highest BCUT2D eigenvalue weighted by Gasteiger charge is 2.08. The summed E-state index contributed by atoms with van der Waals surface area (Å²) in [5.41, 5.74) is 1.33. The molecule has 106 valence electrons. The Labute approximate surface area is 122 Å². The summed E-state index contributed by atoms with van der Waals surface area (Å²) in [5, 5.41) is 7.51. The van der Waals surface area contributed by atoms with Crippen LogP contribution in [0.15, 0.2) is 30.5 Å². The lowest BCUT2D eigenvalue weighted by Crippen LogP contribution is -2.23. The monoisotopic (exact) mass is 293 g/mol. The first-order valence-corrected chi connectivity index (χ1v) is 6.68. The molecular formula is C14H16ClN3O2. The fourth-order valence-corrected chi connectivity index (χ4v) is 1.94. The van der Waals surface area contributed by atoms with Crippen LogP contribution < -0.4 is 10.1 Å². The zero-order valence-corrected chi connectivity index (χ0v) is 12.1. The molecule has 0 unspecified atom stereocenters. The van der Waals surface area contributed by atoms with Gasteiger partial charge in [0, 0.05) is 17.8 Å². The molecule has 20 heavy (non-hydrogen) atoms. The number of nitrogens with zero attached hydrogens (tertiary/aromatic N) is 2. The van der Waals surface area contributed by atoms with Crippen molar-refractivity contribution >= 4 is 17.5 Å². The number of carbonyl (C=O) groups is 1. The third-order valence-corrected chi connectivity index (χ3v) is 2.94. The van der Waals surface area contributed by atoms with Crippen molar-refractivity contribution in [3.05, 3.63) is 46.7 Å². The summed E-state index contributed by atoms with van der Waals surface area (Å²) in [5.74, 6) is 0.554. The minimum atomic E-state index is -0.186. The minimum absolute atomic E-state index is 0.186. The topological polar surface area (TPSA) is 56.2 Å². The molecule has 0 fully saturated rings. The Morgan fingerprint density at radius 1 is 1.45 bits per heavy atom. The van der Waals surface area contributed by atoms with E-state index in [1.807, 2.05) is 26.0 Å². The molecule has 2 aromatic rings. The standard InChI is InChI=1S/C14H16ClN3O2/c1-3-16-14(19)12-6-7-18(17-12)9-20-13-5-4-11(15)8-10(13)2/h4-8H,3,9H2,1-2H3,(H,16,19). The number of ether oxygens (including phenoxy) is 1. The summed E-state index contributed by atoms with van der Waals surface area (Å²) in [6, 6.07) is 7.07. The van der Waals surface area contributed by atoms with Gasteiger partial charge >= 0.3 is 0 Å². The van der Waals surface area contributed by atoms with Gasteiger partial charge in [-0.3, -0.25) is 4.79 Å². The van der Waals surface area contributed by atoms with Crippen molar-refractivity contribution in [2.45, 2.75) is 20.6 Å². The molecule has 0 radical (unpaired) electrons. The average molecular weight is 294 g/mol. The van der Waals surface area contributed by atoms with Crippen molar-refractivity contribution in [2.24, 2.45) is 0 Å². The summed E-state index contributed by atoms with van der Waals surface area (Å²) in [6.07, 6.45) is 1.70. The van der Waals surface area contributed by atoms with Crippen molar-refractivity contribution in [3.8, 4) is 5.75 Å². The highest BCUT2D eigenvalue weighted by atomic mass is 35.5. The summed E-state index contributed by atoms with van der Waals surface area (Å²) in [7, 11) is 0. The van der Waals surface area contributed by atoms with Gasteiger partial charge in [0.15, 0.2) is 6.73 Å². The lowest BCUT2D eigenvalue weighted by atomic mass is 10.2. The zero-order valence-electron chi connectivity index (χ0n) is 11.4. The average Bonchev–Trinajstić information content (AvgIpc) is 2.87. The molecule has 0 aliphatic heterocycles. The number of benzene rings is 1. The molecule has 5 nitrogen and oxygen atoms in total. The highest BCUT2D eigenvalue weighted by molar-refractivity contribution is 6.30. The van der Waals surface area contributed by atoms with E-state index in [9.17, 15) is 4.79 Å². The number of amides is 1. The molecule has 0 saturated heterocycles. The first-order valence-electron chi connectivity index (χ1n) is 6.30. The number of hydrogen-bond donors (Lipinski definition) is 1. The van der Waals surface area contributed by atoms with Crippen LogP contribution in [0.1, 0.15) is 23.0 Å². The highest BCUT2D eigenvalue weighted by Crippen LogP contribution is 2.21. The van der Waals surface area contributed by atoms with Crippen LogP contribution in [0.5, 0.6) is 5.75 Å². The van der Waals surface area contributed by atoms with Crippen LogP contribution in [0.4, 0.5) is 0 Å². The first-order chi connectivity index (χ1) is 9.60. The largest absolute Gasteiger partial charge is 0.471 e. The molecule has 1 N–H and O–H groups in total. The van der Waals surface area contributed by atoms with Gasteiger partial charge in [0.05, 0.1) is 0 Å². The van der Waals surface area contributed by atoms with Gasteiger partial charge in [0.2, 0.25) is 0 Å². The predicted octanol–water partition coefficient (Wildman–Crippen LogP) is 2.63. The molecular weight excluding hydrogens is 278 g/mol. The van der Waals surface area contributed by atoms with E-state index in [2.05, 4.69) is 10.4 Å². The number of rotatable bonds is 5. The van der Waals surface area contributed by atoms with Crippen molar-refractivity contribution in [3.63, 3.8) is 0 Å². The molecule has 0 spiro atoms. The molecule has 0 aliphatic carbocycles. The number of nitrogens with one attached hydrogen (secondary N) is 1. The van der Waals surface area contributed by atoms with Crippen molar-refractivity contribution in [2.75, 3.05) is 6.54 Å². The maximum Gasteiger partial charge on any atom is 0.271 e. The van der Waals surface area contributed by atoms with Crippen molar-refractivity contribution < 1.29 is 9.53 Å². The maximum atomic E-state index is 11.6. The molecule has 1 aromatic heterocycles. The van der Waals surface area contributed by atoms with Crippen LogP contribution in [0, 0.1) is 6.92 Å². The number of aromatic nitrogens is 2. The third kappa shape index (κ3) is 3.51. The van der Waals surface area contributed by atoms with Crippen LogP contribution in [-0.4, -0.2) is 22.2 Å². The lowest BCUT2D eigenvalue weighted by molar-refractivity contribution is 0.0949. The molecule has 0 atom stereocenters. The van der Waals surface area contributed by atoms with Gasteiger partial charge in [-0.15, -0.1) is 0 Å². The van der Waals surface area contributed by atoms with Crippen LogP contribution in [0.2, 0.25) is 5.02 Å². The van der Waals surface area contributed by atoms with E-state index < -0.39 is 0 Å². The summed E-state index contributed by atoms with van der Waals surface area (Å²) in [6.45, 7) is 4.60. The molecule has 0 saturated carbocycles. The number of hydrogen-bond acceptors (Lipinski definition) is 3. The third-order valence-electron chi connectivity index (χ3n) is 2.70. The van der Waals surface area contributed by atoms with Gasteiger partial charge < -0.3 is 10.1 Å². The SMILES string of the molecule is CCNC(=O)c1ccn(COc2ccc(Cl)cc2C)n1. The smallest absolute Gasteiger partial charge is 0.271 e. The second kappa shape index (κ2) is 6.43. The lowest BCUT2D eigenvalue weighted by Gasteiger charge is -2.09. The molecule has 1 heterocycles. The normalized spacial score (nSPS) is 10.3. The Hall–Kier alpha value is -2.01. The Balaban J connectivity index is 1.99. The fourth-order valence-electron chi connectivity index (χ4n) is 1.72. The second-order valence-electron chi connectivity index (χ2n) is 4.28. The Kier molecular flexibility index (Phi) is 4.63. The summed E-state index contributed by atoms with van der Waals surface area (Å²) < 4.78 is 7.21. The van der Waals surface area contributed by atoms with Crippen molar-refractivity contribution in [1.82, 2.24) is 15.1 Å². The zero-order chi connectivity index (χ0) is 14.5. The van der Waals surface area contributed by atoms with Crippen LogP contribution in [0.3, 0.4) is 0 Å². The molecule has 0 bridgehead atoms. The Morgan fingerprint density at radius 2 is 2.25 bits per heavy atom. The summed E-state index contributed by atoms with van der Waals surface area (Å²) in [4.78, 5) is 11.6. The summed E-state index contributed by atoms with van der Waals surface area (Å²) >= 11 is 5.88.